The molecule has 23 heavy (non-hydrogen) atoms. The molecule has 1 heterocycles. The number of rotatable bonds is 4. The SMILES string of the molecule is Cc1nn(-c2ccccc2[N+](=O)[O-])c2c1C(CC(=O)O)CCC2. The van der Waals surface area contributed by atoms with Crippen molar-refractivity contribution in [3.63, 3.8) is 0 Å². The molecule has 1 atom stereocenters. The lowest BCUT2D eigenvalue weighted by Gasteiger charge is -2.22. The van der Waals surface area contributed by atoms with Crippen LogP contribution in [0.4, 0.5) is 5.69 Å². The maximum atomic E-state index is 11.3. The van der Waals surface area contributed by atoms with Crippen molar-refractivity contribution in [2.24, 2.45) is 0 Å². The van der Waals surface area contributed by atoms with Gasteiger partial charge in [-0.2, -0.15) is 5.10 Å². The molecule has 0 fully saturated rings. The van der Waals surface area contributed by atoms with E-state index in [0.29, 0.717) is 5.69 Å². The van der Waals surface area contributed by atoms with Crippen molar-refractivity contribution in [2.75, 3.05) is 0 Å². The maximum absolute atomic E-state index is 11.3. The Morgan fingerprint density at radius 2 is 2.22 bits per heavy atom. The first kappa shape index (κ1) is 15.2. The number of para-hydroxylation sites is 2. The van der Waals surface area contributed by atoms with Gasteiger partial charge in [0.15, 0.2) is 0 Å². The second-order valence-electron chi connectivity index (χ2n) is 5.79. The van der Waals surface area contributed by atoms with E-state index < -0.39 is 10.9 Å². The molecule has 7 nitrogen and oxygen atoms in total. The molecule has 7 heteroatoms. The summed E-state index contributed by atoms with van der Waals surface area (Å²) in [5.74, 6) is -0.909. The molecular formula is C16H17N3O4. The van der Waals surface area contributed by atoms with Crippen molar-refractivity contribution in [2.45, 2.75) is 38.5 Å². The topological polar surface area (TPSA) is 98.3 Å². The van der Waals surface area contributed by atoms with Crippen LogP contribution < -0.4 is 0 Å². The number of hydrogen-bond donors (Lipinski definition) is 1. The molecule has 1 unspecified atom stereocenters. The number of aromatic nitrogens is 2. The molecular weight excluding hydrogens is 298 g/mol. The van der Waals surface area contributed by atoms with Crippen LogP contribution in [0.25, 0.3) is 5.69 Å². The molecule has 0 aliphatic heterocycles. The van der Waals surface area contributed by atoms with Crippen LogP contribution in [0.15, 0.2) is 24.3 Å². The van der Waals surface area contributed by atoms with Crippen LogP contribution in [-0.2, 0) is 11.2 Å². The predicted molar refractivity (Wildman–Crippen MR) is 82.9 cm³/mol. The summed E-state index contributed by atoms with van der Waals surface area (Å²) in [6.45, 7) is 1.84. The highest BCUT2D eigenvalue weighted by Crippen LogP contribution is 2.38. The standard InChI is InChI=1S/C16H17N3O4/c1-10-16-11(9-15(20)21)5-4-8-14(16)18(17-10)12-6-2-3-7-13(12)19(22)23/h2-3,6-7,11H,4-5,8-9H2,1H3,(H,20,21). The van der Waals surface area contributed by atoms with Gasteiger partial charge in [-0.3, -0.25) is 14.9 Å². The van der Waals surface area contributed by atoms with Crippen LogP contribution in [0.1, 0.15) is 42.1 Å². The average molecular weight is 315 g/mol. The van der Waals surface area contributed by atoms with Crippen LogP contribution in [0.5, 0.6) is 0 Å². The summed E-state index contributed by atoms with van der Waals surface area (Å²) in [6.07, 6.45) is 2.48. The summed E-state index contributed by atoms with van der Waals surface area (Å²) in [6, 6.07) is 6.49. The molecule has 1 aromatic carbocycles. The third-order valence-corrected chi connectivity index (χ3v) is 4.31. The van der Waals surface area contributed by atoms with E-state index in [9.17, 15) is 14.9 Å². The Kier molecular flexibility index (Phi) is 3.85. The number of fused-ring (bicyclic) bond motifs is 1. The number of hydrogen-bond acceptors (Lipinski definition) is 4. The quantitative estimate of drug-likeness (QED) is 0.691. The molecule has 3 rings (SSSR count). The molecule has 1 aromatic heterocycles. The molecule has 0 saturated carbocycles. The molecule has 1 aliphatic rings. The second-order valence-corrected chi connectivity index (χ2v) is 5.79. The van der Waals surface area contributed by atoms with Gasteiger partial charge in [0, 0.05) is 17.3 Å². The van der Waals surface area contributed by atoms with E-state index in [4.69, 9.17) is 5.11 Å². The number of aryl methyl sites for hydroxylation is 1. The Bertz CT molecular complexity index is 782. The first-order chi connectivity index (χ1) is 11.0. The number of carboxylic acid groups (broad SMARTS) is 1. The Morgan fingerprint density at radius 3 is 2.91 bits per heavy atom. The molecule has 0 radical (unpaired) electrons. The molecule has 1 N–H and O–H groups in total. The number of nitro benzene ring substituents is 1. The average Bonchev–Trinajstić information content (AvgIpc) is 2.85. The van der Waals surface area contributed by atoms with Crippen LogP contribution in [0, 0.1) is 17.0 Å². The van der Waals surface area contributed by atoms with E-state index in [-0.39, 0.29) is 18.0 Å². The Hall–Kier alpha value is -2.70. The molecule has 0 bridgehead atoms. The van der Waals surface area contributed by atoms with E-state index in [2.05, 4.69) is 5.10 Å². The Balaban J connectivity index is 2.14. The second kappa shape index (κ2) is 5.83. The fourth-order valence-electron chi connectivity index (χ4n) is 3.43. The van der Waals surface area contributed by atoms with Gasteiger partial charge in [-0.25, -0.2) is 4.68 Å². The monoisotopic (exact) mass is 315 g/mol. The summed E-state index contributed by atoms with van der Waals surface area (Å²) >= 11 is 0. The highest BCUT2D eigenvalue weighted by atomic mass is 16.6. The smallest absolute Gasteiger partial charge is 0.303 e. The third-order valence-electron chi connectivity index (χ3n) is 4.31. The number of carbonyl (C=O) groups is 1. The summed E-state index contributed by atoms with van der Waals surface area (Å²) in [5.41, 5.74) is 3.02. The fourth-order valence-corrected chi connectivity index (χ4v) is 3.43. The molecule has 2 aromatic rings. The van der Waals surface area contributed by atoms with E-state index in [1.165, 1.54) is 6.07 Å². The molecule has 0 amide bonds. The van der Waals surface area contributed by atoms with Gasteiger partial charge in [0.2, 0.25) is 0 Å². The van der Waals surface area contributed by atoms with Crippen molar-refractivity contribution >= 4 is 11.7 Å². The van der Waals surface area contributed by atoms with Gasteiger partial charge in [-0.15, -0.1) is 0 Å². The van der Waals surface area contributed by atoms with E-state index >= 15 is 0 Å². The van der Waals surface area contributed by atoms with Crippen molar-refractivity contribution in [3.05, 3.63) is 51.3 Å². The normalized spacial score (nSPS) is 16.8. The number of nitrogens with zero attached hydrogens (tertiary/aromatic N) is 3. The van der Waals surface area contributed by atoms with E-state index in [1.807, 2.05) is 6.92 Å². The summed E-state index contributed by atoms with van der Waals surface area (Å²) in [7, 11) is 0. The molecule has 120 valence electrons. The van der Waals surface area contributed by atoms with Gasteiger partial charge < -0.3 is 5.11 Å². The largest absolute Gasteiger partial charge is 0.481 e. The highest BCUT2D eigenvalue weighted by Gasteiger charge is 2.30. The van der Waals surface area contributed by atoms with Gasteiger partial charge in [0.1, 0.15) is 5.69 Å². The molecule has 1 aliphatic carbocycles. The minimum Gasteiger partial charge on any atom is -0.481 e. The first-order valence-electron chi connectivity index (χ1n) is 7.53. The highest BCUT2D eigenvalue weighted by molar-refractivity contribution is 5.68. The minimum absolute atomic E-state index is 0.00171. The zero-order valence-electron chi connectivity index (χ0n) is 12.7. The summed E-state index contributed by atoms with van der Waals surface area (Å²) < 4.78 is 1.62. The Morgan fingerprint density at radius 1 is 1.48 bits per heavy atom. The number of carboxylic acids is 1. The van der Waals surface area contributed by atoms with Gasteiger partial charge in [-0.1, -0.05) is 12.1 Å². The molecule has 0 spiro atoms. The lowest BCUT2D eigenvalue weighted by atomic mass is 9.83. The predicted octanol–water partition coefficient (Wildman–Crippen LogP) is 2.98. The van der Waals surface area contributed by atoms with Crippen molar-refractivity contribution in [1.29, 1.82) is 0 Å². The minimum atomic E-state index is -0.833. The lowest BCUT2D eigenvalue weighted by molar-refractivity contribution is -0.384. The van der Waals surface area contributed by atoms with Gasteiger partial charge in [0.05, 0.1) is 17.0 Å². The Labute approximate surface area is 132 Å². The van der Waals surface area contributed by atoms with Crippen LogP contribution in [-0.4, -0.2) is 25.8 Å². The number of aliphatic carboxylic acids is 1. The van der Waals surface area contributed by atoms with E-state index in [0.717, 1.165) is 36.2 Å². The van der Waals surface area contributed by atoms with Crippen molar-refractivity contribution in [1.82, 2.24) is 9.78 Å². The zero-order chi connectivity index (χ0) is 16.6. The van der Waals surface area contributed by atoms with Crippen LogP contribution in [0.3, 0.4) is 0 Å². The van der Waals surface area contributed by atoms with Gasteiger partial charge in [-0.05, 0) is 38.2 Å². The van der Waals surface area contributed by atoms with Crippen molar-refractivity contribution < 1.29 is 14.8 Å². The lowest BCUT2D eigenvalue weighted by Crippen LogP contribution is -2.15. The number of benzene rings is 1. The summed E-state index contributed by atoms with van der Waals surface area (Å²) in [4.78, 5) is 21.9. The van der Waals surface area contributed by atoms with Gasteiger partial charge in [0.25, 0.3) is 5.69 Å². The van der Waals surface area contributed by atoms with Crippen LogP contribution in [0.2, 0.25) is 0 Å². The van der Waals surface area contributed by atoms with Crippen molar-refractivity contribution in [3.8, 4) is 5.69 Å². The summed E-state index contributed by atoms with van der Waals surface area (Å²) in [5, 5.41) is 24.9. The molecule has 0 saturated heterocycles. The van der Waals surface area contributed by atoms with Crippen LogP contribution >= 0.6 is 0 Å². The third kappa shape index (κ3) is 2.69. The first-order valence-corrected chi connectivity index (χ1v) is 7.53. The fraction of sp³-hybridized carbons (Fsp3) is 0.375. The van der Waals surface area contributed by atoms with Gasteiger partial charge >= 0.3 is 5.97 Å². The zero-order valence-corrected chi connectivity index (χ0v) is 12.7. The maximum Gasteiger partial charge on any atom is 0.303 e. The van der Waals surface area contributed by atoms with E-state index in [1.54, 1.807) is 22.9 Å². The number of nitro groups is 1.